The van der Waals surface area contributed by atoms with Crippen LogP contribution in [0.2, 0.25) is 0 Å². The van der Waals surface area contributed by atoms with Gasteiger partial charge in [0.1, 0.15) is 5.82 Å². The van der Waals surface area contributed by atoms with E-state index in [0.29, 0.717) is 45.6 Å². The van der Waals surface area contributed by atoms with E-state index in [1.54, 1.807) is 21.3 Å². The molecule has 1 aliphatic rings. The summed E-state index contributed by atoms with van der Waals surface area (Å²) in [7, 11) is 0. The van der Waals surface area contributed by atoms with E-state index in [-0.39, 0.29) is 23.7 Å². The van der Waals surface area contributed by atoms with Crippen LogP contribution >= 0.6 is 0 Å². The van der Waals surface area contributed by atoms with E-state index < -0.39 is 29.6 Å². The summed E-state index contributed by atoms with van der Waals surface area (Å²) >= 11 is 0. The summed E-state index contributed by atoms with van der Waals surface area (Å²) in [4.78, 5) is 39.8. The zero-order valence-corrected chi connectivity index (χ0v) is 19.4. The first-order valence-electron chi connectivity index (χ1n) is 11.1. The van der Waals surface area contributed by atoms with Crippen molar-refractivity contribution in [1.82, 2.24) is 20.7 Å². The number of nitrogens with zero attached hydrogens (tertiary/aromatic N) is 2. The third kappa shape index (κ3) is 6.49. The lowest BCUT2D eigenvalue weighted by molar-refractivity contribution is -0.132. The van der Waals surface area contributed by atoms with E-state index in [2.05, 4.69) is 6.58 Å². The lowest BCUT2D eigenvalue weighted by Crippen LogP contribution is -2.57. The van der Waals surface area contributed by atoms with E-state index >= 15 is 4.39 Å². The van der Waals surface area contributed by atoms with Crippen LogP contribution in [-0.4, -0.2) is 65.9 Å². The van der Waals surface area contributed by atoms with Crippen LogP contribution in [0, 0.1) is 5.82 Å². The van der Waals surface area contributed by atoms with Crippen LogP contribution < -0.4 is 10.9 Å². The Balaban J connectivity index is 2.29. The number of hydrazine groups is 1. The third-order valence-corrected chi connectivity index (χ3v) is 6.07. The van der Waals surface area contributed by atoms with Gasteiger partial charge >= 0.3 is 18.4 Å². The Kier molecular flexibility index (Phi) is 9.91. The SMILES string of the molecule is C=CCC(CC)(CC)N(Cc1ccc(C(=O)NNC(=O)C(F)F)cc1F)C(=O)N1CCOCC1. The third-order valence-electron chi connectivity index (χ3n) is 6.07. The Morgan fingerprint density at radius 3 is 2.38 bits per heavy atom. The molecule has 1 aliphatic heterocycles. The molecule has 4 amide bonds. The zero-order chi connectivity index (χ0) is 25.3. The summed E-state index contributed by atoms with van der Waals surface area (Å²) in [6.07, 6.45) is 0.198. The van der Waals surface area contributed by atoms with Crippen molar-refractivity contribution >= 4 is 17.8 Å². The maximum absolute atomic E-state index is 15.0. The van der Waals surface area contributed by atoms with Crippen molar-refractivity contribution in [2.45, 2.75) is 51.6 Å². The summed E-state index contributed by atoms with van der Waals surface area (Å²) in [6.45, 7) is 9.41. The maximum Gasteiger partial charge on any atom is 0.320 e. The minimum Gasteiger partial charge on any atom is -0.378 e. The molecule has 2 rings (SSSR count). The molecule has 11 heteroatoms. The highest BCUT2D eigenvalue weighted by Gasteiger charge is 2.38. The van der Waals surface area contributed by atoms with Crippen LogP contribution in [0.5, 0.6) is 0 Å². The van der Waals surface area contributed by atoms with Crippen molar-refractivity contribution in [2.24, 2.45) is 0 Å². The van der Waals surface area contributed by atoms with Gasteiger partial charge in [-0.25, -0.2) is 9.18 Å². The zero-order valence-electron chi connectivity index (χ0n) is 19.4. The molecular weight excluding hydrogens is 453 g/mol. The number of hydrogen-bond donors (Lipinski definition) is 2. The van der Waals surface area contributed by atoms with Gasteiger partial charge in [-0.1, -0.05) is 26.0 Å². The summed E-state index contributed by atoms with van der Waals surface area (Å²) in [5.41, 5.74) is 2.79. The number of nitrogens with one attached hydrogen (secondary N) is 2. The molecule has 2 N–H and O–H groups in total. The van der Waals surface area contributed by atoms with Gasteiger partial charge in [0.05, 0.1) is 19.8 Å². The molecule has 0 atom stereocenters. The highest BCUT2D eigenvalue weighted by atomic mass is 19.3. The van der Waals surface area contributed by atoms with Crippen molar-refractivity contribution in [3.8, 4) is 0 Å². The predicted octanol–water partition coefficient (Wildman–Crippen LogP) is 3.24. The molecule has 8 nitrogen and oxygen atoms in total. The Hall–Kier alpha value is -3.08. The lowest BCUT2D eigenvalue weighted by Gasteiger charge is -2.45. The number of carbonyl (C=O) groups excluding carboxylic acids is 3. The molecule has 34 heavy (non-hydrogen) atoms. The monoisotopic (exact) mass is 484 g/mol. The number of rotatable bonds is 9. The number of carbonyl (C=O) groups is 3. The Morgan fingerprint density at radius 2 is 1.85 bits per heavy atom. The fourth-order valence-corrected chi connectivity index (χ4v) is 3.90. The number of amides is 4. The topological polar surface area (TPSA) is 91.0 Å². The molecule has 1 heterocycles. The standard InChI is InChI=1S/C23H31F3N4O4/c1-4-9-23(5-2,6-3)30(22(33)29-10-12-34-13-11-29)15-17-8-7-16(14-18(17)24)20(31)27-28-21(32)19(25)26/h4,7-8,14,19H,1,5-6,9-13,15H2,2-3H3,(H,27,31)(H,28,32). The Bertz CT molecular complexity index is 887. The smallest absolute Gasteiger partial charge is 0.320 e. The van der Waals surface area contributed by atoms with Crippen molar-refractivity contribution in [3.63, 3.8) is 0 Å². The van der Waals surface area contributed by atoms with Gasteiger partial charge < -0.3 is 14.5 Å². The average Bonchev–Trinajstić information content (AvgIpc) is 2.85. The van der Waals surface area contributed by atoms with Crippen LogP contribution in [0.1, 0.15) is 49.0 Å². The predicted molar refractivity (Wildman–Crippen MR) is 119 cm³/mol. The molecule has 1 saturated heterocycles. The summed E-state index contributed by atoms with van der Waals surface area (Å²) < 4.78 is 44.9. The van der Waals surface area contributed by atoms with Gasteiger partial charge in [0, 0.05) is 29.8 Å². The minimum absolute atomic E-state index is 0.0401. The molecular formula is C23H31F3N4O4. The highest BCUT2D eigenvalue weighted by Crippen LogP contribution is 2.32. The van der Waals surface area contributed by atoms with Gasteiger partial charge in [0.15, 0.2) is 0 Å². The van der Waals surface area contributed by atoms with E-state index in [1.165, 1.54) is 12.1 Å². The van der Waals surface area contributed by atoms with E-state index in [0.717, 1.165) is 6.07 Å². The fourth-order valence-electron chi connectivity index (χ4n) is 3.90. The second-order valence-electron chi connectivity index (χ2n) is 7.94. The number of urea groups is 1. The number of hydrogen-bond acceptors (Lipinski definition) is 4. The van der Waals surface area contributed by atoms with Gasteiger partial charge in [-0.05, 0) is 31.4 Å². The minimum atomic E-state index is -3.30. The highest BCUT2D eigenvalue weighted by molar-refractivity contribution is 5.95. The first-order valence-corrected chi connectivity index (χ1v) is 11.1. The number of halogens is 3. The van der Waals surface area contributed by atoms with Gasteiger partial charge in [0.25, 0.3) is 5.91 Å². The van der Waals surface area contributed by atoms with E-state index in [4.69, 9.17) is 4.74 Å². The second kappa shape index (κ2) is 12.4. The molecule has 0 saturated carbocycles. The Labute approximate surface area is 197 Å². The van der Waals surface area contributed by atoms with Crippen LogP contribution in [-0.2, 0) is 16.1 Å². The van der Waals surface area contributed by atoms with Crippen LogP contribution in [0.4, 0.5) is 18.0 Å². The number of ether oxygens (including phenoxy) is 1. The van der Waals surface area contributed by atoms with E-state index in [9.17, 15) is 23.2 Å². The quantitative estimate of drug-likeness (QED) is 0.416. The molecule has 0 spiro atoms. The molecule has 0 aliphatic carbocycles. The summed E-state index contributed by atoms with van der Waals surface area (Å²) in [5.74, 6) is -3.38. The van der Waals surface area contributed by atoms with Gasteiger partial charge in [-0.2, -0.15) is 8.78 Å². The molecule has 188 valence electrons. The van der Waals surface area contributed by atoms with Crippen molar-refractivity contribution in [2.75, 3.05) is 26.3 Å². The normalized spacial score (nSPS) is 14.0. The number of morpholine rings is 1. The molecule has 1 aromatic rings. The molecule has 0 aromatic heterocycles. The average molecular weight is 485 g/mol. The fraction of sp³-hybridized carbons (Fsp3) is 0.522. The second-order valence-corrected chi connectivity index (χ2v) is 7.94. The van der Waals surface area contributed by atoms with Crippen LogP contribution in [0.25, 0.3) is 0 Å². The van der Waals surface area contributed by atoms with Gasteiger partial charge in [-0.3, -0.25) is 20.4 Å². The summed E-state index contributed by atoms with van der Waals surface area (Å²) in [6, 6.07) is 3.36. The number of benzene rings is 1. The molecule has 1 fully saturated rings. The lowest BCUT2D eigenvalue weighted by atomic mass is 9.86. The van der Waals surface area contributed by atoms with Crippen molar-refractivity contribution in [3.05, 3.63) is 47.8 Å². The van der Waals surface area contributed by atoms with E-state index in [1.807, 2.05) is 19.3 Å². The first kappa shape index (κ1) is 27.2. The van der Waals surface area contributed by atoms with Crippen molar-refractivity contribution < 1.29 is 32.3 Å². The molecule has 0 bridgehead atoms. The molecule has 1 aromatic carbocycles. The van der Waals surface area contributed by atoms with Crippen molar-refractivity contribution in [1.29, 1.82) is 0 Å². The molecule has 0 radical (unpaired) electrons. The number of alkyl halides is 2. The summed E-state index contributed by atoms with van der Waals surface area (Å²) in [5, 5.41) is 0. The van der Waals surface area contributed by atoms with Gasteiger partial charge in [0.2, 0.25) is 0 Å². The van der Waals surface area contributed by atoms with Crippen LogP contribution in [0.3, 0.4) is 0 Å². The first-order chi connectivity index (χ1) is 16.2. The molecule has 0 unspecified atom stereocenters. The Morgan fingerprint density at radius 1 is 1.21 bits per heavy atom. The van der Waals surface area contributed by atoms with Crippen LogP contribution in [0.15, 0.2) is 30.9 Å². The van der Waals surface area contributed by atoms with Gasteiger partial charge in [-0.15, -0.1) is 6.58 Å². The largest absolute Gasteiger partial charge is 0.378 e. The maximum atomic E-state index is 15.0.